The zero-order valence-corrected chi connectivity index (χ0v) is 42.2. The van der Waals surface area contributed by atoms with Crippen LogP contribution < -0.4 is 4.90 Å². The van der Waals surface area contributed by atoms with Gasteiger partial charge in [-0.05, 0) is 127 Å². The van der Waals surface area contributed by atoms with Crippen molar-refractivity contribution < 1.29 is 4.42 Å². The smallest absolute Gasteiger partial charge is 0.143 e. The number of benzene rings is 12. The molecule has 0 saturated heterocycles. The topological polar surface area (TPSA) is 16.4 Å². The van der Waals surface area contributed by atoms with Crippen molar-refractivity contribution in [1.29, 1.82) is 0 Å². The number of furan rings is 1. The molecular formula is C73H47NOS. The number of hydrogen-bond donors (Lipinski definition) is 0. The average molecular weight is 986 g/mol. The second-order valence-electron chi connectivity index (χ2n) is 19.9. The summed E-state index contributed by atoms with van der Waals surface area (Å²) in [4.78, 5) is 2.46. The van der Waals surface area contributed by atoms with E-state index in [0.29, 0.717) is 0 Å². The number of rotatable bonds is 9. The molecule has 12 aromatic carbocycles. The van der Waals surface area contributed by atoms with E-state index in [1.54, 1.807) is 0 Å². The molecule has 2 aromatic heterocycles. The molecule has 0 unspecified atom stereocenters. The maximum absolute atomic E-state index is 6.43. The summed E-state index contributed by atoms with van der Waals surface area (Å²) in [7, 11) is 0. The third kappa shape index (κ3) is 7.01. The molecule has 1 aliphatic carbocycles. The van der Waals surface area contributed by atoms with Crippen LogP contribution in [0.5, 0.6) is 0 Å². The van der Waals surface area contributed by atoms with Crippen LogP contribution in [-0.2, 0) is 5.41 Å². The van der Waals surface area contributed by atoms with Crippen molar-refractivity contribution in [3.63, 3.8) is 0 Å². The van der Waals surface area contributed by atoms with Crippen molar-refractivity contribution in [2.45, 2.75) is 5.41 Å². The number of para-hydroxylation sites is 2. The second kappa shape index (κ2) is 17.8. The summed E-state index contributed by atoms with van der Waals surface area (Å²) in [6.45, 7) is 0. The Balaban J connectivity index is 0.845. The molecule has 2 nitrogen and oxygen atoms in total. The average Bonchev–Trinajstić information content (AvgIpc) is 4.22. The zero-order chi connectivity index (χ0) is 50.2. The molecule has 14 aromatic rings. The van der Waals surface area contributed by atoms with E-state index in [-0.39, 0.29) is 0 Å². The predicted octanol–water partition coefficient (Wildman–Crippen LogP) is 20.5. The highest BCUT2D eigenvalue weighted by Crippen LogP contribution is 2.59. The first kappa shape index (κ1) is 44.0. The van der Waals surface area contributed by atoms with Crippen LogP contribution in [0.15, 0.2) is 290 Å². The normalized spacial score (nSPS) is 12.6. The van der Waals surface area contributed by atoms with Gasteiger partial charge >= 0.3 is 0 Å². The molecule has 76 heavy (non-hydrogen) atoms. The molecule has 356 valence electrons. The fourth-order valence-electron chi connectivity index (χ4n) is 12.3. The van der Waals surface area contributed by atoms with Gasteiger partial charge in [-0.1, -0.05) is 224 Å². The van der Waals surface area contributed by atoms with Crippen LogP contribution in [0.1, 0.15) is 22.3 Å². The van der Waals surface area contributed by atoms with Crippen molar-refractivity contribution in [3.05, 3.63) is 307 Å². The lowest BCUT2D eigenvalue weighted by atomic mass is 9.68. The second-order valence-corrected chi connectivity index (χ2v) is 21.0. The Bertz CT molecular complexity index is 4450. The molecule has 0 spiro atoms. The van der Waals surface area contributed by atoms with Gasteiger partial charge in [-0.3, -0.25) is 0 Å². The summed E-state index contributed by atoms with van der Waals surface area (Å²) in [5.74, 6) is 0. The fourth-order valence-corrected chi connectivity index (χ4v) is 13.4. The molecule has 0 amide bonds. The van der Waals surface area contributed by atoms with E-state index >= 15 is 0 Å². The molecule has 15 rings (SSSR count). The van der Waals surface area contributed by atoms with Gasteiger partial charge in [-0.25, -0.2) is 0 Å². The van der Waals surface area contributed by atoms with Gasteiger partial charge in [0, 0.05) is 53.4 Å². The lowest BCUT2D eigenvalue weighted by Crippen LogP contribution is -2.28. The van der Waals surface area contributed by atoms with Gasteiger partial charge in [-0.2, -0.15) is 0 Å². The third-order valence-electron chi connectivity index (χ3n) is 15.8. The van der Waals surface area contributed by atoms with Crippen molar-refractivity contribution in [1.82, 2.24) is 0 Å². The van der Waals surface area contributed by atoms with E-state index in [1.165, 1.54) is 75.8 Å². The molecule has 0 radical (unpaired) electrons. The summed E-state index contributed by atoms with van der Waals surface area (Å²) in [6, 6.07) is 105. The summed E-state index contributed by atoms with van der Waals surface area (Å²) < 4.78 is 9.07. The Morgan fingerprint density at radius 2 is 0.816 bits per heavy atom. The fraction of sp³-hybridized carbons (Fsp3) is 0.0137. The quantitative estimate of drug-likeness (QED) is 0.143. The van der Waals surface area contributed by atoms with Gasteiger partial charge in [0.05, 0.1) is 11.1 Å². The molecule has 0 aliphatic heterocycles. The summed E-state index contributed by atoms with van der Waals surface area (Å²) in [6.07, 6.45) is 0. The van der Waals surface area contributed by atoms with Gasteiger partial charge in [0.15, 0.2) is 0 Å². The molecular weight excluding hydrogens is 939 g/mol. The lowest BCUT2D eigenvalue weighted by molar-refractivity contribution is 0.670. The Labute approximate surface area is 445 Å². The van der Waals surface area contributed by atoms with Crippen molar-refractivity contribution in [2.75, 3.05) is 4.90 Å². The summed E-state index contributed by atoms with van der Waals surface area (Å²) >= 11 is 1.86. The predicted molar refractivity (Wildman–Crippen MR) is 320 cm³/mol. The number of anilines is 3. The highest BCUT2D eigenvalue weighted by molar-refractivity contribution is 7.25. The Morgan fingerprint density at radius 3 is 1.55 bits per heavy atom. The minimum absolute atomic E-state index is 0.530. The molecule has 1 aliphatic rings. The zero-order valence-electron chi connectivity index (χ0n) is 41.4. The number of hydrogen-bond acceptors (Lipinski definition) is 3. The minimum atomic E-state index is -0.530. The molecule has 2 heterocycles. The van der Waals surface area contributed by atoms with Crippen molar-refractivity contribution in [2.24, 2.45) is 0 Å². The van der Waals surface area contributed by atoms with Gasteiger partial charge in [0.1, 0.15) is 11.2 Å². The van der Waals surface area contributed by atoms with E-state index in [0.717, 1.165) is 61.3 Å². The van der Waals surface area contributed by atoms with Crippen LogP contribution >= 0.6 is 11.3 Å². The molecule has 0 N–H and O–H groups in total. The van der Waals surface area contributed by atoms with Crippen LogP contribution in [0.4, 0.5) is 17.1 Å². The van der Waals surface area contributed by atoms with Crippen LogP contribution in [0, 0.1) is 0 Å². The highest BCUT2D eigenvalue weighted by atomic mass is 32.1. The monoisotopic (exact) mass is 985 g/mol. The van der Waals surface area contributed by atoms with Gasteiger partial charge in [0.2, 0.25) is 0 Å². The van der Waals surface area contributed by atoms with Crippen LogP contribution in [0.2, 0.25) is 0 Å². The Kier molecular flexibility index (Phi) is 10.3. The van der Waals surface area contributed by atoms with Crippen LogP contribution in [0.25, 0.3) is 97.7 Å². The third-order valence-corrected chi connectivity index (χ3v) is 16.9. The SMILES string of the molecule is c1ccc(C2(c3ccccc3)c3ccccc3-c3c(N(c4ccc(-c5ccc(-c6cccc7c6oc6ccccc67)cc5)cc4)c4ccc(-c5cccc(-c6ccc7sc8ccccc8c7c6)c5)cc4)cccc32)cc1. The molecule has 3 heteroatoms. The van der Waals surface area contributed by atoms with Crippen LogP contribution in [0.3, 0.4) is 0 Å². The highest BCUT2D eigenvalue weighted by Gasteiger charge is 2.47. The van der Waals surface area contributed by atoms with E-state index < -0.39 is 5.41 Å². The van der Waals surface area contributed by atoms with Crippen molar-refractivity contribution in [3.8, 4) is 55.6 Å². The molecule has 0 fully saturated rings. The standard InChI is InChI=1S/C73H47NOS/c1-3-18-55(19-4-1)73(56-20-5-2-6-21-56)65-27-10-7-24-63(65)71-66(73)28-15-29-67(71)74(57-41-36-49(37-42-57)48-32-34-51(35-33-48)59-25-14-26-62-60-22-8-11-30-68(60)75-72(59)62)58-43-38-50(39-44-58)52-16-13-17-53(46-52)54-40-45-70-64(47-54)61-23-9-12-31-69(61)76-70/h1-47H. The first-order valence-corrected chi connectivity index (χ1v) is 26.9. The van der Waals surface area contributed by atoms with E-state index in [1.807, 2.05) is 23.5 Å². The van der Waals surface area contributed by atoms with E-state index in [4.69, 9.17) is 4.42 Å². The first-order valence-electron chi connectivity index (χ1n) is 26.1. The summed E-state index contributed by atoms with van der Waals surface area (Å²) in [5, 5.41) is 4.90. The van der Waals surface area contributed by atoms with Crippen LogP contribution in [-0.4, -0.2) is 0 Å². The van der Waals surface area contributed by atoms with E-state index in [9.17, 15) is 0 Å². The number of nitrogens with zero attached hydrogens (tertiary/aromatic N) is 1. The maximum atomic E-state index is 6.43. The largest absolute Gasteiger partial charge is 0.455 e. The molecule has 0 bridgehead atoms. The minimum Gasteiger partial charge on any atom is -0.455 e. The molecule has 0 atom stereocenters. The van der Waals surface area contributed by atoms with Gasteiger partial charge < -0.3 is 9.32 Å². The number of thiophene rings is 1. The lowest BCUT2D eigenvalue weighted by Gasteiger charge is -2.34. The van der Waals surface area contributed by atoms with Gasteiger partial charge in [0.25, 0.3) is 0 Å². The van der Waals surface area contributed by atoms with E-state index in [2.05, 4.69) is 278 Å². The first-order chi connectivity index (χ1) is 37.7. The molecule has 0 saturated carbocycles. The Morgan fingerprint density at radius 1 is 0.316 bits per heavy atom. The van der Waals surface area contributed by atoms with Crippen molar-refractivity contribution >= 4 is 70.5 Å². The number of fused-ring (bicyclic) bond motifs is 9. The maximum Gasteiger partial charge on any atom is 0.143 e. The Hall–Kier alpha value is -9.54. The van der Waals surface area contributed by atoms with Gasteiger partial charge in [-0.15, -0.1) is 11.3 Å². The summed E-state index contributed by atoms with van der Waals surface area (Å²) in [5.41, 5.74) is 21.4.